The number of benzene rings is 1. The molecule has 0 amide bonds. The quantitative estimate of drug-likeness (QED) is 0.907. The van der Waals surface area contributed by atoms with E-state index in [-0.39, 0.29) is 11.9 Å². The second kappa shape index (κ2) is 5.93. The largest absolute Gasteiger partial charge is 0.305 e. The van der Waals surface area contributed by atoms with E-state index in [2.05, 4.69) is 49.3 Å². The van der Waals surface area contributed by atoms with Crippen molar-refractivity contribution < 1.29 is 4.39 Å². The first-order valence-corrected chi connectivity index (χ1v) is 6.53. The highest BCUT2D eigenvalue weighted by atomic mass is 19.1. The van der Waals surface area contributed by atoms with Crippen molar-refractivity contribution in [3.63, 3.8) is 0 Å². The van der Waals surface area contributed by atoms with Gasteiger partial charge in [0.25, 0.3) is 0 Å². The van der Waals surface area contributed by atoms with E-state index in [0.29, 0.717) is 0 Å². The lowest BCUT2D eigenvalue weighted by atomic mass is 9.96. The van der Waals surface area contributed by atoms with Gasteiger partial charge >= 0.3 is 0 Å². The number of nitrogens with one attached hydrogen (secondary N) is 1. The average Bonchev–Trinajstić information content (AvgIpc) is 2.40. The Balaban J connectivity index is 2.44. The maximum absolute atomic E-state index is 13.0. The number of aryl methyl sites for hydroxylation is 2. The lowest BCUT2D eigenvalue weighted by molar-refractivity contribution is 0.593. The highest BCUT2D eigenvalue weighted by Gasteiger charge is 2.16. The van der Waals surface area contributed by atoms with E-state index in [1.54, 1.807) is 6.07 Å². The Morgan fingerprint density at radius 1 is 1.21 bits per heavy atom. The summed E-state index contributed by atoms with van der Waals surface area (Å²) in [5.74, 6) is -0.306. The predicted octanol–water partition coefficient (Wildman–Crippen LogP) is 3.54. The van der Waals surface area contributed by atoms with Gasteiger partial charge in [-0.3, -0.25) is 4.98 Å². The van der Waals surface area contributed by atoms with E-state index >= 15 is 0 Å². The molecule has 19 heavy (non-hydrogen) atoms. The summed E-state index contributed by atoms with van der Waals surface area (Å²) in [4.78, 5) is 4.21. The maximum Gasteiger partial charge on any atom is 0.141 e. The van der Waals surface area contributed by atoms with Crippen molar-refractivity contribution in [2.24, 2.45) is 0 Å². The molecule has 1 N–H and O–H groups in total. The van der Waals surface area contributed by atoms with Gasteiger partial charge in [-0.15, -0.1) is 0 Å². The van der Waals surface area contributed by atoms with Crippen LogP contribution in [0.5, 0.6) is 0 Å². The van der Waals surface area contributed by atoms with Crippen molar-refractivity contribution in [2.45, 2.75) is 26.8 Å². The summed E-state index contributed by atoms with van der Waals surface area (Å²) in [6, 6.07) is 9.57. The van der Waals surface area contributed by atoms with Crippen LogP contribution in [0.15, 0.2) is 36.5 Å². The molecular formula is C16H19FN2. The van der Waals surface area contributed by atoms with Crippen LogP contribution in [0.3, 0.4) is 0 Å². The van der Waals surface area contributed by atoms with E-state index in [0.717, 1.165) is 12.2 Å². The van der Waals surface area contributed by atoms with Gasteiger partial charge in [-0.2, -0.15) is 0 Å². The van der Waals surface area contributed by atoms with Gasteiger partial charge in [-0.1, -0.05) is 30.7 Å². The first-order chi connectivity index (χ1) is 9.11. The smallest absolute Gasteiger partial charge is 0.141 e. The number of hydrogen-bond acceptors (Lipinski definition) is 2. The second-order valence-corrected chi connectivity index (χ2v) is 4.75. The van der Waals surface area contributed by atoms with Gasteiger partial charge in [0, 0.05) is 0 Å². The molecule has 0 fully saturated rings. The van der Waals surface area contributed by atoms with Gasteiger partial charge in [0.15, 0.2) is 0 Å². The van der Waals surface area contributed by atoms with Crippen LogP contribution in [0, 0.1) is 19.7 Å². The van der Waals surface area contributed by atoms with Gasteiger partial charge in [0.05, 0.1) is 17.9 Å². The van der Waals surface area contributed by atoms with E-state index in [9.17, 15) is 4.39 Å². The fourth-order valence-corrected chi connectivity index (χ4v) is 2.21. The molecule has 1 aromatic carbocycles. The fraction of sp³-hybridized carbons (Fsp3) is 0.312. The molecule has 1 unspecified atom stereocenters. The van der Waals surface area contributed by atoms with Crippen LogP contribution in [0.1, 0.15) is 35.3 Å². The molecule has 1 aromatic heterocycles. The summed E-state index contributed by atoms with van der Waals surface area (Å²) >= 11 is 0. The van der Waals surface area contributed by atoms with Gasteiger partial charge in [-0.25, -0.2) is 4.39 Å². The summed E-state index contributed by atoms with van der Waals surface area (Å²) in [5, 5.41) is 3.42. The summed E-state index contributed by atoms with van der Waals surface area (Å²) in [6.45, 7) is 7.05. The number of halogens is 1. The Labute approximate surface area is 113 Å². The zero-order valence-corrected chi connectivity index (χ0v) is 11.6. The summed E-state index contributed by atoms with van der Waals surface area (Å²) in [7, 11) is 0. The number of nitrogens with zero attached hydrogens (tertiary/aromatic N) is 1. The molecule has 3 heteroatoms. The summed E-state index contributed by atoms with van der Waals surface area (Å²) in [5.41, 5.74) is 4.46. The van der Waals surface area contributed by atoms with Crippen LogP contribution in [-0.4, -0.2) is 11.5 Å². The molecule has 2 aromatic rings. The molecular weight excluding hydrogens is 239 g/mol. The Bertz CT molecular complexity index is 549. The minimum Gasteiger partial charge on any atom is -0.305 e. The molecule has 100 valence electrons. The van der Waals surface area contributed by atoms with Crippen molar-refractivity contribution in [2.75, 3.05) is 6.54 Å². The maximum atomic E-state index is 13.0. The summed E-state index contributed by atoms with van der Waals surface area (Å²) < 4.78 is 13.0. The highest BCUT2D eigenvalue weighted by molar-refractivity contribution is 5.37. The van der Waals surface area contributed by atoms with E-state index in [1.807, 2.05) is 0 Å². The highest BCUT2D eigenvalue weighted by Crippen LogP contribution is 2.24. The normalized spacial score (nSPS) is 12.4. The molecule has 0 spiro atoms. The molecule has 0 bridgehead atoms. The standard InChI is InChI=1S/C16H19FN2/c1-4-18-16(15-8-7-13(17)10-19-15)14-9-11(2)5-6-12(14)3/h5-10,16,18H,4H2,1-3H3. The molecule has 0 aliphatic carbocycles. The van der Waals surface area contributed by atoms with E-state index < -0.39 is 0 Å². The van der Waals surface area contributed by atoms with Crippen molar-refractivity contribution in [1.82, 2.24) is 10.3 Å². The third kappa shape index (κ3) is 3.18. The fourth-order valence-electron chi connectivity index (χ4n) is 2.21. The van der Waals surface area contributed by atoms with Gasteiger partial charge in [-0.05, 0) is 43.7 Å². The molecule has 2 nitrogen and oxygen atoms in total. The predicted molar refractivity (Wildman–Crippen MR) is 75.6 cm³/mol. The number of aromatic nitrogens is 1. The average molecular weight is 258 g/mol. The Morgan fingerprint density at radius 2 is 2.00 bits per heavy atom. The van der Waals surface area contributed by atoms with Crippen molar-refractivity contribution in [1.29, 1.82) is 0 Å². The van der Waals surface area contributed by atoms with Gasteiger partial charge in [0.1, 0.15) is 5.82 Å². The number of rotatable bonds is 4. The Morgan fingerprint density at radius 3 is 2.63 bits per heavy atom. The first-order valence-electron chi connectivity index (χ1n) is 6.53. The van der Waals surface area contributed by atoms with E-state index in [4.69, 9.17) is 0 Å². The van der Waals surface area contributed by atoms with Gasteiger partial charge in [0.2, 0.25) is 0 Å². The number of hydrogen-bond donors (Lipinski definition) is 1. The Hall–Kier alpha value is -1.74. The minimum atomic E-state index is -0.306. The zero-order chi connectivity index (χ0) is 13.8. The van der Waals surface area contributed by atoms with Crippen molar-refractivity contribution >= 4 is 0 Å². The molecule has 0 saturated carbocycles. The monoisotopic (exact) mass is 258 g/mol. The topological polar surface area (TPSA) is 24.9 Å². The molecule has 1 atom stereocenters. The molecule has 0 aliphatic heterocycles. The molecule has 2 rings (SSSR count). The second-order valence-electron chi connectivity index (χ2n) is 4.75. The van der Waals surface area contributed by atoms with Crippen molar-refractivity contribution in [3.8, 4) is 0 Å². The molecule has 0 radical (unpaired) electrons. The molecule has 0 saturated heterocycles. The third-order valence-corrected chi connectivity index (χ3v) is 3.20. The molecule has 1 heterocycles. The zero-order valence-electron chi connectivity index (χ0n) is 11.6. The van der Waals surface area contributed by atoms with Crippen LogP contribution in [0.2, 0.25) is 0 Å². The third-order valence-electron chi connectivity index (χ3n) is 3.20. The van der Waals surface area contributed by atoms with Crippen LogP contribution in [0.25, 0.3) is 0 Å². The van der Waals surface area contributed by atoms with Crippen LogP contribution < -0.4 is 5.32 Å². The lowest BCUT2D eigenvalue weighted by Gasteiger charge is -2.20. The van der Waals surface area contributed by atoms with Gasteiger partial charge < -0.3 is 5.32 Å². The first kappa shape index (κ1) is 13.7. The van der Waals surface area contributed by atoms with Crippen LogP contribution >= 0.6 is 0 Å². The molecule has 0 aliphatic rings. The minimum absolute atomic E-state index is 0.00509. The van der Waals surface area contributed by atoms with Crippen LogP contribution in [-0.2, 0) is 0 Å². The Kier molecular flexibility index (Phi) is 4.27. The lowest BCUT2D eigenvalue weighted by Crippen LogP contribution is -2.23. The van der Waals surface area contributed by atoms with E-state index in [1.165, 1.54) is 29.0 Å². The van der Waals surface area contributed by atoms with Crippen molar-refractivity contribution in [3.05, 3.63) is 64.7 Å². The van der Waals surface area contributed by atoms with Crippen LogP contribution in [0.4, 0.5) is 4.39 Å². The SMILES string of the molecule is CCNC(c1ccc(F)cn1)c1cc(C)ccc1C. The summed E-state index contributed by atoms with van der Waals surface area (Å²) in [6.07, 6.45) is 1.27. The number of pyridine rings is 1.